The van der Waals surface area contributed by atoms with E-state index in [0.717, 1.165) is 23.9 Å². The van der Waals surface area contributed by atoms with Gasteiger partial charge in [-0.25, -0.2) is 0 Å². The quantitative estimate of drug-likeness (QED) is 0.614. The van der Waals surface area contributed by atoms with Crippen LogP contribution in [0.5, 0.6) is 0 Å². The Morgan fingerprint density at radius 1 is 0.917 bits per heavy atom. The Bertz CT molecular complexity index is 124. The zero-order valence-electron chi connectivity index (χ0n) is 9.17. The Kier molecular flexibility index (Phi) is 3.16. The second kappa shape index (κ2) is 3.78. The highest BCUT2D eigenvalue weighted by atomic mass is 15.2. The van der Waals surface area contributed by atoms with E-state index < -0.39 is 0 Å². The van der Waals surface area contributed by atoms with E-state index >= 15 is 0 Å². The van der Waals surface area contributed by atoms with Gasteiger partial charge in [-0.3, -0.25) is 4.90 Å². The number of hydrogen-bond acceptors (Lipinski definition) is 1. The minimum Gasteiger partial charge on any atom is -0.300 e. The minimum atomic E-state index is 0.818. The molecule has 1 nitrogen and oxygen atoms in total. The standard InChI is InChI=1S/C11H23N/c1-8(2)10-6-7-11(9(3)4)12(10)5/h8-11H,6-7H2,1-5H3/t10-,11+. The van der Waals surface area contributed by atoms with E-state index in [4.69, 9.17) is 0 Å². The maximum Gasteiger partial charge on any atom is 0.0119 e. The molecule has 1 saturated heterocycles. The molecule has 0 bridgehead atoms. The van der Waals surface area contributed by atoms with Crippen molar-refractivity contribution in [3.05, 3.63) is 0 Å². The highest BCUT2D eigenvalue weighted by Gasteiger charge is 2.33. The van der Waals surface area contributed by atoms with E-state index in [1.807, 2.05) is 0 Å². The second-order valence-corrected chi connectivity index (χ2v) is 4.87. The Hall–Kier alpha value is -0.0400. The van der Waals surface area contributed by atoms with E-state index in [1.165, 1.54) is 12.8 Å². The zero-order chi connectivity index (χ0) is 9.30. The van der Waals surface area contributed by atoms with Crippen LogP contribution in [0.4, 0.5) is 0 Å². The van der Waals surface area contributed by atoms with Crippen LogP contribution in [0, 0.1) is 11.8 Å². The van der Waals surface area contributed by atoms with Crippen LogP contribution in [0.3, 0.4) is 0 Å². The van der Waals surface area contributed by atoms with Gasteiger partial charge in [-0.2, -0.15) is 0 Å². The Labute approximate surface area is 77.1 Å². The van der Waals surface area contributed by atoms with Gasteiger partial charge in [-0.05, 0) is 31.7 Å². The van der Waals surface area contributed by atoms with Crippen molar-refractivity contribution in [2.75, 3.05) is 7.05 Å². The molecule has 0 N–H and O–H groups in total. The van der Waals surface area contributed by atoms with E-state index in [0.29, 0.717) is 0 Å². The van der Waals surface area contributed by atoms with Gasteiger partial charge in [0.15, 0.2) is 0 Å². The molecule has 0 aromatic heterocycles. The normalized spacial score (nSPS) is 32.2. The predicted octanol–water partition coefficient (Wildman–Crippen LogP) is 2.76. The molecule has 0 amide bonds. The van der Waals surface area contributed by atoms with Crippen molar-refractivity contribution >= 4 is 0 Å². The van der Waals surface area contributed by atoms with Crippen LogP contribution < -0.4 is 0 Å². The van der Waals surface area contributed by atoms with Crippen molar-refractivity contribution in [2.45, 2.75) is 52.6 Å². The molecular formula is C11H23N. The second-order valence-electron chi connectivity index (χ2n) is 4.87. The van der Waals surface area contributed by atoms with E-state index in [9.17, 15) is 0 Å². The SMILES string of the molecule is CC(C)[C@H]1CC[C@@H](C(C)C)N1C. The molecule has 0 saturated carbocycles. The molecule has 0 aromatic rings. The van der Waals surface area contributed by atoms with Gasteiger partial charge in [0.2, 0.25) is 0 Å². The lowest BCUT2D eigenvalue weighted by molar-refractivity contribution is 0.168. The molecule has 0 aromatic carbocycles. The molecule has 0 radical (unpaired) electrons. The van der Waals surface area contributed by atoms with Gasteiger partial charge in [-0.15, -0.1) is 0 Å². The fraction of sp³-hybridized carbons (Fsp3) is 1.00. The highest BCUT2D eigenvalue weighted by molar-refractivity contribution is 4.88. The minimum absolute atomic E-state index is 0.818. The lowest BCUT2D eigenvalue weighted by Gasteiger charge is -2.30. The molecule has 12 heavy (non-hydrogen) atoms. The van der Waals surface area contributed by atoms with E-state index in [1.54, 1.807) is 0 Å². The molecular weight excluding hydrogens is 146 g/mol. The summed E-state index contributed by atoms with van der Waals surface area (Å²) in [6.45, 7) is 9.35. The first-order valence-corrected chi connectivity index (χ1v) is 5.26. The van der Waals surface area contributed by atoms with Gasteiger partial charge in [0.05, 0.1) is 0 Å². The summed E-state index contributed by atoms with van der Waals surface area (Å²) in [5.41, 5.74) is 0. The fourth-order valence-electron chi connectivity index (χ4n) is 2.60. The van der Waals surface area contributed by atoms with Crippen molar-refractivity contribution < 1.29 is 0 Å². The van der Waals surface area contributed by atoms with E-state index in [2.05, 4.69) is 39.6 Å². The third-order valence-electron chi connectivity index (χ3n) is 3.34. The zero-order valence-corrected chi connectivity index (χ0v) is 9.17. The van der Waals surface area contributed by atoms with Gasteiger partial charge >= 0.3 is 0 Å². The summed E-state index contributed by atoms with van der Waals surface area (Å²) in [4.78, 5) is 2.59. The number of likely N-dealkylation sites (tertiary alicyclic amines) is 1. The van der Waals surface area contributed by atoms with Crippen LogP contribution in [-0.2, 0) is 0 Å². The van der Waals surface area contributed by atoms with Crippen LogP contribution >= 0.6 is 0 Å². The lowest BCUT2D eigenvalue weighted by atomic mass is 10.0. The summed E-state index contributed by atoms with van der Waals surface area (Å²) >= 11 is 0. The monoisotopic (exact) mass is 169 g/mol. The van der Waals surface area contributed by atoms with Crippen LogP contribution in [0.1, 0.15) is 40.5 Å². The summed E-state index contributed by atoms with van der Waals surface area (Å²) in [6.07, 6.45) is 2.80. The molecule has 0 aliphatic carbocycles. The first-order chi connectivity index (χ1) is 5.54. The third-order valence-corrected chi connectivity index (χ3v) is 3.34. The van der Waals surface area contributed by atoms with Crippen molar-refractivity contribution in [3.8, 4) is 0 Å². The molecule has 1 heteroatoms. The molecule has 2 atom stereocenters. The smallest absolute Gasteiger partial charge is 0.0119 e. The van der Waals surface area contributed by atoms with Gasteiger partial charge in [0.25, 0.3) is 0 Å². The maximum absolute atomic E-state index is 2.59. The van der Waals surface area contributed by atoms with Crippen LogP contribution in [0.25, 0.3) is 0 Å². The third kappa shape index (κ3) is 1.82. The van der Waals surface area contributed by atoms with Crippen molar-refractivity contribution in [2.24, 2.45) is 11.8 Å². The van der Waals surface area contributed by atoms with Gasteiger partial charge in [0.1, 0.15) is 0 Å². The van der Waals surface area contributed by atoms with Crippen LogP contribution in [0.2, 0.25) is 0 Å². The van der Waals surface area contributed by atoms with Gasteiger partial charge in [0, 0.05) is 12.1 Å². The molecule has 1 fully saturated rings. The number of nitrogens with zero attached hydrogens (tertiary/aromatic N) is 1. The lowest BCUT2D eigenvalue weighted by Crippen LogP contribution is -2.37. The summed E-state index contributed by atoms with van der Waals surface area (Å²) in [7, 11) is 2.29. The van der Waals surface area contributed by atoms with Crippen LogP contribution in [-0.4, -0.2) is 24.0 Å². The van der Waals surface area contributed by atoms with Crippen molar-refractivity contribution in [3.63, 3.8) is 0 Å². The molecule has 72 valence electrons. The number of rotatable bonds is 2. The van der Waals surface area contributed by atoms with Crippen molar-refractivity contribution in [1.82, 2.24) is 4.90 Å². The maximum atomic E-state index is 2.59. The number of hydrogen-bond donors (Lipinski definition) is 0. The largest absolute Gasteiger partial charge is 0.300 e. The summed E-state index contributed by atoms with van der Waals surface area (Å²) in [5, 5.41) is 0. The Balaban J connectivity index is 2.55. The Morgan fingerprint density at radius 3 is 1.42 bits per heavy atom. The molecule has 1 rings (SSSR count). The first kappa shape index (κ1) is 10.0. The summed E-state index contributed by atoms with van der Waals surface area (Å²) in [5.74, 6) is 1.64. The summed E-state index contributed by atoms with van der Waals surface area (Å²) < 4.78 is 0. The molecule has 1 aliphatic rings. The predicted molar refractivity (Wildman–Crippen MR) is 54.2 cm³/mol. The Morgan fingerprint density at radius 2 is 1.25 bits per heavy atom. The average molecular weight is 169 g/mol. The van der Waals surface area contributed by atoms with Crippen molar-refractivity contribution in [1.29, 1.82) is 0 Å². The molecule has 0 unspecified atom stereocenters. The topological polar surface area (TPSA) is 3.24 Å². The van der Waals surface area contributed by atoms with Crippen LogP contribution in [0.15, 0.2) is 0 Å². The molecule has 0 spiro atoms. The van der Waals surface area contributed by atoms with Gasteiger partial charge < -0.3 is 0 Å². The fourth-order valence-corrected chi connectivity index (χ4v) is 2.60. The van der Waals surface area contributed by atoms with Gasteiger partial charge in [-0.1, -0.05) is 27.7 Å². The molecule has 1 aliphatic heterocycles. The average Bonchev–Trinajstić information content (AvgIpc) is 2.30. The molecule has 1 heterocycles. The highest BCUT2D eigenvalue weighted by Crippen LogP contribution is 2.30. The summed E-state index contributed by atoms with van der Waals surface area (Å²) in [6, 6.07) is 1.66. The first-order valence-electron chi connectivity index (χ1n) is 5.26. The van der Waals surface area contributed by atoms with E-state index in [-0.39, 0.29) is 0 Å².